The van der Waals surface area contributed by atoms with Crippen LogP contribution < -0.4 is 9.64 Å². The van der Waals surface area contributed by atoms with Gasteiger partial charge in [0, 0.05) is 5.56 Å². The van der Waals surface area contributed by atoms with Gasteiger partial charge >= 0.3 is 0 Å². The summed E-state index contributed by atoms with van der Waals surface area (Å²) in [4.78, 5) is 26.3. The highest BCUT2D eigenvalue weighted by atomic mass is 32.2. The van der Waals surface area contributed by atoms with Crippen molar-refractivity contribution in [3.63, 3.8) is 0 Å². The Bertz CT molecular complexity index is 771. The predicted octanol–water partition coefficient (Wildman–Crippen LogP) is 4.33. The van der Waals surface area contributed by atoms with Crippen molar-refractivity contribution in [1.29, 1.82) is 0 Å². The molecule has 4 nitrogen and oxygen atoms in total. The summed E-state index contributed by atoms with van der Waals surface area (Å²) in [7, 11) is 0. The molecule has 2 amide bonds. The summed E-state index contributed by atoms with van der Waals surface area (Å²) >= 11 is 0.941. The Morgan fingerprint density at radius 3 is 2.48 bits per heavy atom. The number of imide groups is 1. The van der Waals surface area contributed by atoms with Crippen molar-refractivity contribution < 1.29 is 14.3 Å². The molecule has 23 heavy (non-hydrogen) atoms. The second-order valence-electron chi connectivity index (χ2n) is 4.82. The van der Waals surface area contributed by atoms with Gasteiger partial charge in [0.25, 0.3) is 11.1 Å². The normalized spacial score (nSPS) is 16.2. The van der Waals surface area contributed by atoms with Gasteiger partial charge in [-0.15, -0.1) is 0 Å². The maximum absolute atomic E-state index is 12.6. The van der Waals surface area contributed by atoms with Crippen molar-refractivity contribution in [1.82, 2.24) is 0 Å². The van der Waals surface area contributed by atoms with Crippen LogP contribution in [0.5, 0.6) is 5.75 Å². The summed E-state index contributed by atoms with van der Waals surface area (Å²) in [5, 5.41) is -0.290. The Morgan fingerprint density at radius 1 is 1.04 bits per heavy atom. The highest BCUT2D eigenvalue weighted by Gasteiger charge is 2.36. The molecule has 1 heterocycles. The lowest BCUT2D eigenvalue weighted by Crippen LogP contribution is -2.27. The number of thioether (sulfide) groups is 1. The molecule has 3 rings (SSSR count). The number of amides is 2. The molecule has 0 unspecified atom stereocenters. The molecular weight excluding hydrogens is 310 g/mol. The summed E-state index contributed by atoms with van der Waals surface area (Å²) in [5.74, 6) is 0.388. The van der Waals surface area contributed by atoms with Crippen molar-refractivity contribution >= 4 is 34.7 Å². The van der Waals surface area contributed by atoms with E-state index < -0.39 is 0 Å². The molecule has 2 aromatic carbocycles. The third kappa shape index (κ3) is 3.14. The summed E-state index contributed by atoms with van der Waals surface area (Å²) in [6.07, 6.45) is 1.71. The molecule has 0 aromatic heterocycles. The molecular formula is C18H15NO3S. The molecule has 1 aliphatic heterocycles. The molecule has 0 radical (unpaired) electrons. The van der Waals surface area contributed by atoms with Crippen LogP contribution in [0, 0.1) is 0 Å². The minimum absolute atomic E-state index is 0.290. The monoisotopic (exact) mass is 325 g/mol. The van der Waals surface area contributed by atoms with Crippen LogP contribution >= 0.6 is 11.8 Å². The van der Waals surface area contributed by atoms with Crippen LogP contribution in [0.2, 0.25) is 0 Å². The molecule has 1 saturated heterocycles. The lowest BCUT2D eigenvalue weighted by molar-refractivity contribution is -0.113. The van der Waals surface area contributed by atoms with Gasteiger partial charge in [0.1, 0.15) is 5.75 Å². The SMILES string of the molecule is CCOc1ccccc1/C=C1\SC(=O)N(c2ccccc2)C1=O. The van der Waals surface area contributed by atoms with Gasteiger partial charge in [-0.2, -0.15) is 0 Å². The van der Waals surface area contributed by atoms with Gasteiger partial charge in [0.2, 0.25) is 0 Å². The molecule has 1 fully saturated rings. The van der Waals surface area contributed by atoms with Crippen LogP contribution in [0.25, 0.3) is 6.08 Å². The third-order valence-electron chi connectivity index (χ3n) is 3.31. The second kappa shape index (κ2) is 6.71. The molecule has 1 aliphatic rings. The van der Waals surface area contributed by atoms with Crippen molar-refractivity contribution in [2.24, 2.45) is 0 Å². The lowest BCUT2D eigenvalue weighted by atomic mass is 10.2. The fraction of sp³-hybridized carbons (Fsp3) is 0.111. The second-order valence-corrected chi connectivity index (χ2v) is 5.82. The largest absolute Gasteiger partial charge is 0.493 e. The fourth-order valence-corrected chi connectivity index (χ4v) is 3.13. The number of anilines is 1. The molecule has 0 bridgehead atoms. The van der Waals surface area contributed by atoms with Crippen LogP contribution in [-0.4, -0.2) is 17.8 Å². The summed E-state index contributed by atoms with van der Waals surface area (Å²) < 4.78 is 5.56. The molecule has 0 spiro atoms. The van der Waals surface area contributed by atoms with E-state index in [2.05, 4.69) is 0 Å². The van der Waals surface area contributed by atoms with Crippen LogP contribution in [0.4, 0.5) is 10.5 Å². The highest BCUT2D eigenvalue weighted by molar-refractivity contribution is 8.19. The van der Waals surface area contributed by atoms with Crippen molar-refractivity contribution in [2.45, 2.75) is 6.92 Å². The third-order valence-corrected chi connectivity index (χ3v) is 4.18. The van der Waals surface area contributed by atoms with E-state index in [-0.39, 0.29) is 11.1 Å². The number of nitrogens with zero attached hydrogens (tertiary/aromatic N) is 1. The average Bonchev–Trinajstić information content (AvgIpc) is 2.84. The van der Waals surface area contributed by atoms with Gasteiger partial charge in [-0.05, 0) is 43.0 Å². The average molecular weight is 325 g/mol. The minimum Gasteiger partial charge on any atom is -0.493 e. The number of ether oxygens (including phenoxy) is 1. The van der Waals surface area contributed by atoms with Gasteiger partial charge in [-0.25, -0.2) is 4.90 Å². The Morgan fingerprint density at radius 2 is 1.74 bits per heavy atom. The van der Waals surface area contributed by atoms with Gasteiger partial charge in [-0.1, -0.05) is 36.4 Å². The van der Waals surface area contributed by atoms with E-state index in [1.165, 1.54) is 4.90 Å². The summed E-state index contributed by atoms with van der Waals surface area (Å²) in [5.41, 5.74) is 1.37. The quantitative estimate of drug-likeness (QED) is 0.785. The molecule has 0 atom stereocenters. The van der Waals surface area contributed by atoms with Crippen molar-refractivity contribution in [3.8, 4) is 5.75 Å². The van der Waals surface area contributed by atoms with Crippen LogP contribution in [0.1, 0.15) is 12.5 Å². The standard InChI is InChI=1S/C18H15NO3S/c1-2-22-15-11-7-6-8-13(15)12-16-17(20)19(18(21)23-16)14-9-4-3-5-10-14/h3-12H,2H2,1H3/b16-12-. The van der Waals surface area contributed by atoms with Crippen LogP contribution in [0.15, 0.2) is 59.5 Å². The maximum Gasteiger partial charge on any atom is 0.298 e. The number of carbonyl (C=O) groups is 2. The predicted molar refractivity (Wildman–Crippen MR) is 92.5 cm³/mol. The first-order valence-electron chi connectivity index (χ1n) is 7.25. The number of para-hydroxylation sites is 2. The van der Waals surface area contributed by atoms with E-state index in [0.717, 1.165) is 17.3 Å². The molecule has 5 heteroatoms. The number of hydrogen-bond acceptors (Lipinski definition) is 4. The first-order chi connectivity index (χ1) is 11.2. The highest BCUT2D eigenvalue weighted by Crippen LogP contribution is 2.36. The van der Waals surface area contributed by atoms with Gasteiger partial charge < -0.3 is 4.74 Å². The van der Waals surface area contributed by atoms with Crippen LogP contribution in [-0.2, 0) is 4.79 Å². The van der Waals surface area contributed by atoms with E-state index in [1.807, 2.05) is 37.3 Å². The zero-order valence-corrected chi connectivity index (χ0v) is 13.4. The van der Waals surface area contributed by atoms with Gasteiger partial charge in [0.05, 0.1) is 17.2 Å². The van der Waals surface area contributed by atoms with E-state index >= 15 is 0 Å². The summed E-state index contributed by atoms with van der Waals surface area (Å²) in [6, 6.07) is 16.4. The topological polar surface area (TPSA) is 46.6 Å². The molecule has 0 aliphatic carbocycles. The first kappa shape index (κ1) is 15.4. The molecule has 0 N–H and O–H groups in total. The summed E-state index contributed by atoms with van der Waals surface area (Å²) in [6.45, 7) is 2.44. The number of benzene rings is 2. The fourth-order valence-electron chi connectivity index (χ4n) is 2.30. The molecule has 0 saturated carbocycles. The Labute approximate surface area is 138 Å². The minimum atomic E-state index is -0.308. The first-order valence-corrected chi connectivity index (χ1v) is 8.07. The smallest absolute Gasteiger partial charge is 0.298 e. The van der Waals surface area contributed by atoms with E-state index in [1.54, 1.807) is 30.3 Å². The molecule has 116 valence electrons. The zero-order chi connectivity index (χ0) is 16.2. The van der Waals surface area contributed by atoms with Crippen molar-refractivity contribution in [2.75, 3.05) is 11.5 Å². The van der Waals surface area contributed by atoms with E-state index in [0.29, 0.717) is 22.9 Å². The Balaban J connectivity index is 1.94. The number of rotatable bonds is 4. The number of carbonyl (C=O) groups excluding carboxylic acids is 2. The zero-order valence-electron chi connectivity index (χ0n) is 12.6. The molecule has 2 aromatic rings. The van der Waals surface area contributed by atoms with E-state index in [9.17, 15) is 9.59 Å². The number of hydrogen-bond donors (Lipinski definition) is 0. The Hall–Kier alpha value is -2.53. The maximum atomic E-state index is 12.6. The van der Waals surface area contributed by atoms with Crippen LogP contribution in [0.3, 0.4) is 0 Å². The van der Waals surface area contributed by atoms with E-state index in [4.69, 9.17) is 4.74 Å². The van der Waals surface area contributed by atoms with Gasteiger partial charge in [-0.3, -0.25) is 9.59 Å². The van der Waals surface area contributed by atoms with Gasteiger partial charge in [0.15, 0.2) is 0 Å². The Kier molecular flexibility index (Phi) is 4.48. The van der Waals surface area contributed by atoms with Crippen molar-refractivity contribution in [3.05, 3.63) is 65.1 Å². The lowest BCUT2D eigenvalue weighted by Gasteiger charge is -2.11.